The van der Waals surface area contributed by atoms with Crippen LogP contribution in [0.25, 0.3) is 0 Å². The van der Waals surface area contributed by atoms with Crippen LogP contribution in [0.15, 0.2) is 48.5 Å². The Kier molecular flexibility index (Phi) is 13.1. The number of nitrogens with two attached hydrogens (primary N) is 3. The molecule has 0 aliphatic heterocycles. The van der Waals surface area contributed by atoms with Gasteiger partial charge in [0.15, 0.2) is 6.79 Å². The van der Waals surface area contributed by atoms with Gasteiger partial charge < -0.3 is 42.6 Å². The van der Waals surface area contributed by atoms with E-state index in [9.17, 15) is 18.8 Å². The molecule has 0 aliphatic carbocycles. The first-order valence-corrected chi connectivity index (χ1v) is 12.4. The van der Waals surface area contributed by atoms with E-state index in [0.29, 0.717) is 12.0 Å². The van der Waals surface area contributed by atoms with E-state index in [4.69, 9.17) is 27.0 Å². The zero-order valence-corrected chi connectivity index (χ0v) is 21.3. The Morgan fingerprint density at radius 2 is 1.71 bits per heavy atom. The molecule has 0 saturated heterocycles. The Balaban J connectivity index is 2.09. The number of nitrogens with zero attached hydrogens (tertiary/aromatic N) is 1. The van der Waals surface area contributed by atoms with E-state index in [1.54, 1.807) is 0 Å². The summed E-state index contributed by atoms with van der Waals surface area (Å²) >= 11 is 0. The maximum absolute atomic E-state index is 13.8. The highest BCUT2D eigenvalue weighted by Gasteiger charge is 2.26. The van der Waals surface area contributed by atoms with E-state index < -0.39 is 36.5 Å². The predicted octanol–water partition coefficient (Wildman–Crippen LogP) is -0.648. The van der Waals surface area contributed by atoms with Crippen LogP contribution in [0.5, 0.6) is 5.75 Å². The molecule has 9 N–H and O–H groups in total. The number of aliphatic hydroxyl groups excluding tert-OH is 1. The molecule has 0 spiro atoms. The lowest BCUT2D eigenvalue weighted by molar-refractivity contribution is -0.135. The minimum Gasteiger partial charge on any atom is -0.467 e. The number of nitrogens with one attached hydrogen (secondary N) is 2. The molecule has 0 aliphatic rings. The van der Waals surface area contributed by atoms with Gasteiger partial charge in [-0.15, -0.1) is 0 Å². The van der Waals surface area contributed by atoms with Gasteiger partial charge in [-0.05, 0) is 36.6 Å². The highest BCUT2D eigenvalue weighted by molar-refractivity contribution is 5.92. The first-order valence-electron chi connectivity index (χ1n) is 12.4. The Morgan fingerprint density at radius 3 is 2.34 bits per heavy atom. The van der Waals surface area contributed by atoms with E-state index >= 15 is 0 Å². The minimum absolute atomic E-state index is 0.110. The van der Waals surface area contributed by atoms with Crippen molar-refractivity contribution in [1.29, 1.82) is 0 Å². The second-order valence-electron chi connectivity index (χ2n) is 8.60. The van der Waals surface area contributed by atoms with Crippen molar-refractivity contribution < 1.29 is 28.6 Å². The van der Waals surface area contributed by atoms with Gasteiger partial charge in [-0.1, -0.05) is 30.3 Å². The summed E-state index contributed by atoms with van der Waals surface area (Å²) in [6.45, 7) is 0.327. The SMILES string of the molecule is NCCN(CCN)C(=O)C[C@H](N)C(=O)N[C@@H](CCc1ccccc1)C(=O)NCc1cc(F)ccc1OCO. The van der Waals surface area contributed by atoms with Gasteiger partial charge in [0.1, 0.15) is 17.6 Å². The number of hydrogen-bond acceptors (Lipinski definition) is 8. The van der Waals surface area contributed by atoms with E-state index in [-0.39, 0.29) is 57.2 Å². The Bertz CT molecular complexity index is 1040. The number of hydrogen-bond donors (Lipinski definition) is 6. The fraction of sp³-hybridized carbons (Fsp3) is 0.423. The third kappa shape index (κ3) is 10.1. The van der Waals surface area contributed by atoms with Gasteiger partial charge in [0.2, 0.25) is 17.7 Å². The number of carbonyl (C=O) groups is 3. The molecular weight excluding hydrogens is 495 g/mol. The van der Waals surface area contributed by atoms with Gasteiger partial charge in [-0.2, -0.15) is 0 Å². The number of benzene rings is 2. The lowest BCUT2D eigenvalue weighted by Crippen LogP contribution is -2.53. The molecule has 2 aromatic carbocycles. The number of carbonyl (C=O) groups excluding carboxylic acids is 3. The van der Waals surface area contributed by atoms with Gasteiger partial charge in [-0.25, -0.2) is 4.39 Å². The fourth-order valence-electron chi connectivity index (χ4n) is 3.79. The predicted molar refractivity (Wildman–Crippen MR) is 140 cm³/mol. The van der Waals surface area contributed by atoms with Crippen molar-refractivity contribution in [2.75, 3.05) is 33.0 Å². The summed E-state index contributed by atoms with van der Waals surface area (Å²) in [5, 5.41) is 14.4. The number of aliphatic hydroxyl groups is 1. The van der Waals surface area contributed by atoms with Gasteiger partial charge in [0.05, 0.1) is 12.5 Å². The normalized spacial score (nSPS) is 12.3. The number of halogens is 1. The standard InChI is InChI=1S/C26H37FN6O5/c27-20-7-9-23(38-17-34)19(14-20)16-31-26(37)22(8-6-18-4-2-1-3-5-18)32-25(36)21(30)15-24(35)33(12-10-28)13-11-29/h1-5,7,9,14,21-22,34H,6,8,10-13,15-17,28-30H2,(H,31,37)(H,32,36)/t21-,22-/m0/s1. The van der Waals surface area contributed by atoms with Crippen molar-refractivity contribution >= 4 is 17.7 Å². The summed E-state index contributed by atoms with van der Waals surface area (Å²) in [4.78, 5) is 40.0. The average molecular weight is 533 g/mol. The van der Waals surface area contributed by atoms with Crippen molar-refractivity contribution in [3.63, 3.8) is 0 Å². The molecule has 3 amide bonds. The number of amides is 3. The summed E-state index contributed by atoms with van der Waals surface area (Å²) in [5.41, 5.74) is 18.4. The summed E-state index contributed by atoms with van der Waals surface area (Å²) in [7, 11) is 0. The van der Waals surface area contributed by atoms with Crippen LogP contribution in [0.1, 0.15) is 24.0 Å². The molecule has 2 rings (SSSR count). The Morgan fingerprint density at radius 1 is 1.03 bits per heavy atom. The second-order valence-corrected chi connectivity index (χ2v) is 8.60. The molecular formula is C26H37FN6O5. The van der Waals surface area contributed by atoms with Gasteiger partial charge >= 0.3 is 0 Å². The van der Waals surface area contributed by atoms with E-state index in [2.05, 4.69) is 10.6 Å². The highest BCUT2D eigenvalue weighted by Crippen LogP contribution is 2.19. The van der Waals surface area contributed by atoms with Crippen molar-refractivity contribution in [2.24, 2.45) is 17.2 Å². The molecule has 38 heavy (non-hydrogen) atoms. The van der Waals surface area contributed by atoms with Crippen LogP contribution in [0.3, 0.4) is 0 Å². The van der Waals surface area contributed by atoms with Gasteiger partial charge in [0.25, 0.3) is 0 Å². The minimum atomic E-state index is -1.19. The van der Waals surface area contributed by atoms with Gasteiger partial charge in [0, 0.05) is 38.3 Å². The van der Waals surface area contributed by atoms with Crippen molar-refractivity contribution in [1.82, 2.24) is 15.5 Å². The monoisotopic (exact) mass is 532 g/mol. The highest BCUT2D eigenvalue weighted by atomic mass is 19.1. The average Bonchev–Trinajstić information content (AvgIpc) is 2.91. The molecule has 0 radical (unpaired) electrons. The first-order chi connectivity index (χ1) is 18.3. The molecule has 0 fully saturated rings. The summed E-state index contributed by atoms with van der Waals surface area (Å²) in [5.74, 6) is -1.89. The number of rotatable bonds is 16. The van der Waals surface area contributed by atoms with Crippen LogP contribution in [0, 0.1) is 5.82 Å². The smallest absolute Gasteiger partial charge is 0.242 e. The third-order valence-corrected chi connectivity index (χ3v) is 5.78. The molecule has 0 aromatic heterocycles. The second kappa shape index (κ2) is 16.3. The molecule has 0 heterocycles. The molecule has 12 heteroatoms. The summed E-state index contributed by atoms with van der Waals surface area (Å²) in [6, 6.07) is 10.9. The largest absolute Gasteiger partial charge is 0.467 e. The third-order valence-electron chi connectivity index (χ3n) is 5.78. The van der Waals surface area contributed by atoms with Crippen LogP contribution >= 0.6 is 0 Å². The molecule has 0 saturated carbocycles. The van der Waals surface area contributed by atoms with Crippen LogP contribution < -0.4 is 32.6 Å². The van der Waals surface area contributed by atoms with Crippen LogP contribution in [0.4, 0.5) is 4.39 Å². The summed E-state index contributed by atoms with van der Waals surface area (Å²) < 4.78 is 18.8. The summed E-state index contributed by atoms with van der Waals surface area (Å²) in [6.07, 6.45) is 0.453. The quantitative estimate of drug-likeness (QED) is 0.154. The fourth-order valence-corrected chi connectivity index (χ4v) is 3.79. The van der Waals surface area contributed by atoms with E-state index in [1.165, 1.54) is 23.1 Å². The molecule has 2 atom stereocenters. The van der Waals surface area contributed by atoms with Crippen molar-refractivity contribution in [3.05, 3.63) is 65.5 Å². The molecule has 208 valence electrons. The van der Waals surface area contributed by atoms with E-state index in [0.717, 1.165) is 5.56 Å². The van der Waals surface area contributed by atoms with Crippen LogP contribution in [-0.4, -0.2) is 72.8 Å². The van der Waals surface area contributed by atoms with Gasteiger partial charge in [-0.3, -0.25) is 14.4 Å². The van der Waals surface area contributed by atoms with E-state index in [1.807, 2.05) is 30.3 Å². The van der Waals surface area contributed by atoms with Crippen molar-refractivity contribution in [3.8, 4) is 5.75 Å². The zero-order chi connectivity index (χ0) is 27.9. The number of aryl methyl sites for hydroxylation is 1. The molecule has 2 aromatic rings. The maximum Gasteiger partial charge on any atom is 0.242 e. The first kappa shape index (κ1) is 30.6. The van der Waals surface area contributed by atoms with Crippen molar-refractivity contribution in [2.45, 2.75) is 37.9 Å². The maximum atomic E-state index is 13.8. The Labute approximate surface area is 221 Å². The van der Waals surface area contributed by atoms with Crippen LogP contribution in [-0.2, 0) is 27.3 Å². The lowest BCUT2D eigenvalue weighted by atomic mass is 10.0. The Hall–Kier alpha value is -3.58. The molecule has 0 unspecified atom stereocenters. The zero-order valence-electron chi connectivity index (χ0n) is 21.3. The van der Waals surface area contributed by atoms with Crippen LogP contribution in [0.2, 0.25) is 0 Å². The number of ether oxygens (including phenoxy) is 1. The molecule has 11 nitrogen and oxygen atoms in total. The topological polar surface area (TPSA) is 186 Å². The molecule has 0 bridgehead atoms. The lowest BCUT2D eigenvalue weighted by Gasteiger charge is -2.24.